The van der Waals surface area contributed by atoms with Gasteiger partial charge in [-0.15, -0.1) is 11.3 Å². The molecule has 3 heterocycles. The lowest BCUT2D eigenvalue weighted by Crippen LogP contribution is -2.34. The summed E-state index contributed by atoms with van der Waals surface area (Å²) in [6, 6.07) is 4.13. The highest BCUT2D eigenvalue weighted by atomic mass is 32.1. The first kappa shape index (κ1) is 12.8. The highest BCUT2D eigenvalue weighted by molar-refractivity contribution is 7.13. The Kier molecular flexibility index (Phi) is 3.62. The molecule has 3 nitrogen and oxygen atoms in total. The fraction of sp³-hybridized carbons (Fsp3) is 0.467. The lowest BCUT2D eigenvalue weighted by atomic mass is 10.1. The summed E-state index contributed by atoms with van der Waals surface area (Å²) >= 11 is 1.70. The quantitative estimate of drug-likeness (QED) is 0.860. The molecule has 0 unspecified atom stereocenters. The summed E-state index contributed by atoms with van der Waals surface area (Å²) in [5.41, 5.74) is 2.53. The van der Waals surface area contributed by atoms with Crippen molar-refractivity contribution in [2.45, 2.75) is 26.8 Å². The molecule has 100 valence electrons. The average molecular weight is 273 g/mol. The summed E-state index contributed by atoms with van der Waals surface area (Å²) in [5.74, 6) is 1.58. The van der Waals surface area contributed by atoms with E-state index < -0.39 is 0 Å². The molecule has 0 bridgehead atoms. The zero-order valence-electron chi connectivity index (χ0n) is 11.5. The van der Waals surface area contributed by atoms with Gasteiger partial charge in [-0.3, -0.25) is 4.90 Å². The van der Waals surface area contributed by atoms with Crippen LogP contribution in [-0.2, 0) is 13.0 Å². The van der Waals surface area contributed by atoms with Crippen molar-refractivity contribution in [1.82, 2.24) is 14.9 Å². The van der Waals surface area contributed by atoms with Crippen molar-refractivity contribution in [3.63, 3.8) is 0 Å². The molecule has 2 aromatic heterocycles. The number of hydrogen-bond acceptors (Lipinski definition) is 4. The van der Waals surface area contributed by atoms with E-state index in [9.17, 15) is 0 Å². The van der Waals surface area contributed by atoms with Crippen LogP contribution in [-0.4, -0.2) is 28.0 Å². The van der Waals surface area contributed by atoms with Crippen molar-refractivity contribution >= 4 is 11.3 Å². The zero-order valence-corrected chi connectivity index (χ0v) is 12.3. The van der Waals surface area contributed by atoms with Crippen LogP contribution >= 0.6 is 11.3 Å². The van der Waals surface area contributed by atoms with Gasteiger partial charge in [-0.05, 0) is 29.3 Å². The van der Waals surface area contributed by atoms with E-state index in [-0.39, 0.29) is 0 Å². The first-order valence-corrected chi connectivity index (χ1v) is 7.71. The molecule has 1 aliphatic rings. The van der Waals surface area contributed by atoms with Gasteiger partial charge >= 0.3 is 0 Å². The summed E-state index contributed by atoms with van der Waals surface area (Å²) < 4.78 is 0. The SMILES string of the molecule is CC(C)CN1CCc2cnc(-c3cccs3)nc2C1. The molecule has 0 amide bonds. The Balaban J connectivity index is 1.84. The summed E-state index contributed by atoms with van der Waals surface area (Å²) in [6.45, 7) is 7.79. The molecule has 0 radical (unpaired) electrons. The Morgan fingerprint density at radius 3 is 3.05 bits per heavy atom. The number of nitrogens with zero attached hydrogens (tertiary/aromatic N) is 3. The van der Waals surface area contributed by atoms with Crippen molar-refractivity contribution in [1.29, 1.82) is 0 Å². The minimum absolute atomic E-state index is 0.708. The predicted octanol–water partition coefficient (Wildman–Crippen LogP) is 3.22. The molecular weight excluding hydrogens is 254 g/mol. The molecule has 0 fully saturated rings. The zero-order chi connectivity index (χ0) is 13.2. The van der Waals surface area contributed by atoms with Gasteiger partial charge in [0, 0.05) is 25.8 Å². The number of fused-ring (bicyclic) bond motifs is 1. The van der Waals surface area contributed by atoms with Crippen molar-refractivity contribution < 1.29 is 0 Å². The number of rotatable bonds is 3. The minimum Gasteiger partial charge on any atom is -0.297 e. The van der Waals surface area contributed by atoms with E-state index >= 15 is 0 Å². The van der Waals surface area contributed by atoms with Gasteiger partial charge in [0.25, 0.3) is 0 Å². The van der Waals surface area contributed by atoms with Gasteiger partial charge in [0.2, 0.25) is 0 Å². The smallest absolute Gasteiger partial charge is 0.169 e. The summed E-state index contributed by atoms with van der Waals surface area (Å²) in [4.78, 5) is 12.9. The van der Waals surface area contributed by atoms with Crippen molar-refractivity contribution in [2.75, 3.05) is 13.1 Å². The normalized spacial score (nSPS) is 15.7. The monoisotopic (exact) mass is 273 g/mol. The highest BCUT2D eigenvalue weighted by Crippen LogP contribution is 2.24. The second-order valence-corrected chi connectivity index (χ2v) is 6.47. The van der Waals surface area contributed by atoms with Gasteiger partial charge in [-0.25, -0.2) is 9.97 Å². The summed E-state index contributed by atoms with van der Waals surface area (Å²) in [7, 11) is 0. The lowest BCUT2D eigenvalue weighted by Gasteiger charge is -2.29. The topological polar surface area (TPSA) is 29.0 Å². The van der Waals surface area contributed by atoms with Crippen LogP contribution in [0.4, 0.5) is 0 Å². The van der Waals surface area contributed by atoms with Crippen molar-refractivity contribution in [3.8, 4) is 10.7 Å². The lowest BCUT2D eigenvalue weighted by molar-refractivity contribution is 0.223. The molecular formula is C15H19N3S. The maximum atomic E-state index is 4.77. The van der Waals surface area contributed by atoms with E-state index in [1.165, 1.54) is 11.3 Å². The molecule has 0 saturated heterocycles. The predicted molar refractivity (Wildman–Crippen MR) is 79.2 cm³/mol. The molecule has 0 N–H and O–H groups in total. The van der Waals surface area contributed by atoms with E-state index in [1.54, 1.807) is 11.3 Å². The van der Waals surface area contributed by atoms with Gasteiger partial charge < -0.3 is 0 Å². The van der Waals surface area contributed by atoms with Gasteiger partial charge in [0.05, 0.1) is 10.6 Å². The third-order valence-corrected chi connectivity index (χ3v) is 4.26. The maximum Gasteiger partial charge on any atom is 0.169 e. The third-order valence-electron chi connectivity index (χ3n) is 3.39. The van der Waals surface area contributed by atoms with Gasteiger partial charge in [-0.2, -0.15) is 0 Å². The van der Waals surface area contributed by atoms with E-state index in [0.717, 1.165) is 36.8 Å². The standard InChI is InChI=1S/C15H19N3S/c1-11(2)9-18-6-5-12-8-16-15(17-13(12)10-18)14-4-3-7-19-14/h3-4,7-8,11H,5-6,9-10H2,1-2H3. The van der Waals surface area contributed by atoms with Gasteiger partial charge in [0.1, 0.15) is 0 Å². The van der Waals surface area contributed by atoms with Crippen LogP contribution in [0.2, 0.25) is 0 Å². The average Bonchev–Trinajstić information content (AvgIpc) is 2.91. The van der Waals surface area contributed by atoms with Crippen LogP contribution in [0.3, 0.4) is 0 Å². The van der Waals surface area contributed by atoms with Crippen LogP contribution in [0.15, 0.2) is 23.7 Å². The molecule has 19 heavy (non-hydrogen) atoms. The van der Waals surface area contributed by atoms with E-state index in [2.05, 4.69) is 35.2 Å². The van der Waals surface area contributed by atoms with Crippen LogP contribution in [0.1, 0.15) is 25.1 Å². The molecule has 4 heteroatoms. The Bertz CT molecular complexity index is 549. The van der Waals surface area contributed by atoms with Crippen LogP contribution in [0.5, 0.6) is 0 Å². The third kappa shape index (κ3) is 2.85. The molecule has 0 atom stereocenters. The molecule has 0 aliphatic carbocycles. The number of aromatic nitrogens is 2. The van der Waals surface area contributed by atoms with Gasteiger partial charge in [-0.1, -0.05) is 19.9 Å². The largest absolute Gasteiger partial charge is 0.297 e. The van der Waals surface area contributed by atoms with Crippen molar-refractivity contribution in [3.05, 3.63) is 35.0 Å². The maximum absolute atomic E-state index is 4.77. The van der Waals surface area contributed by atoms with Crippen LogP contribution in [0.25, 0.3) is 10.7 Å². The molecule has 0 saturated carbocycles. The van der Waals surface area contributed by atoms with Crippen LogP contribution < -0.4 is 0 Å². The highest BCUT2D eigenvalue weighted by Gasteiger charge is 2.19. The second kappa shape index (κ2) is 5.39. The minimum atomic E-state index is 0.708. The Labute approximate surface area is 118 Å². The molecule has 2 aromatic rings. The Hall–Kier alpha value is -1.26. The molecule has 1 aliphatic heterocycles. The Morgan fingerprint density at radius 1 is 1.42 bits per heavy atom. The van der Waals surface area contributed by atoms with E-state index in [4.69, 9.17) is 4.98 Å². The van der Waals surface area contributed by atoms with E-state index in [0.29, 0.717) is 5.92 Å². The van der Waals surface area contributed by atoms with Gasteiger partial charge in [0.15, 0.2) is 5.82 Å². The summed E-state index contributed by atoms with van der Waals surface area (Å²) in [6.07, 6.45) is 3.09. The molecule has 0 spiro atoms. The summed E-state index contributed by atoms with van der Waals surface area (Å²) in [5, 5.41) is 2.07. The number of thiophene rings is 1. The Morgan fingerprint density at radius 2 is 2.32 bits per heavy atom. The molecule has 0 aromatic carbocycles. The number of hydrogen-bond donors (Lipinski definition) is 0. The first-order chi connectivity index (χ1) is 9.22. The fourth-order valence-electron chi connectivity index (χ4n) is 2.55. The second-order valence-electron chi connectivity index (χ2n) is 5.52. The fourth-order valence-corrected chi connectivity index (χ4v) is 3.22. The first-order valence-electron chi connectivity index (χ1n) is 6.83. The van der Waals surface area contributed by atoms with E-state index in [1.807, 2.05) is 12.3 Å². The molecule has 3 rings (SSSR count). The van der Waals surface area contributed by atoms with Crippen molar-refractivity contribution in [2.24, 2.45) is 5.92 Å². The van der Waals surface area contributed by atoms with Crippen LogP contribution in [0, 0.1) is 5.92 Å².